The van der Waals surface area contributed by atoms with Crippen LogP contribution in [0.25, 0.3) is 0 Å². The van der Waals surface area contributed by atoms with Crippen molar-refractivity contribution in [3.63, 3.8) is 0 Å². The van der Waals surface area contributed by atoms with E-state index in [4.69, 9.17) is 5.84 Å². The molecule has 6 nitrogen and oxygen atoms in total. The standard InChI is InChI=1S/C9H16N4O2S2/c1-16-6-2-4-12-17(14,15)8-3-5-11-9(7-8)13-10/h3,5,7,12H,2,4,6,10H2,1H3,(H,11,13). The Bertz CT molecular complexity index is 450. The fourth-order valence-corrected chi connectivity index (χ4v) is 2.68. The minimum atomic E-state index is -3.47. The summed E-state index contributed by atoms with van der Waals surface area (Å²) in [6, 6.07) is 2.81. The molecule has 0 radical (unpaired) electrons. The van der Waals surface area contributed by atoms with Crippen molar-refractivity contribution in [1.29, 1.82) is 0 Å². The van der Waals surface area contributed by atoms with Gasteiger partial charge in [-0.3, -0.25) is 0 Å². The lowest BCUT2D eigenvalue weighted by Gasteiger charge is -2.07. The van der Waals surface area contributed by atoms with E-state index in [-0.39, 0.29) is 4.90 Å². The summed E-state index contributed by atoms with van der Waals surface area (Å²) in [6.07, 6.45) is 4.18. The SMILES string of the molecule is CSCCCNS(=O)(=O)c1ccnc(NN)c1. The molecule has 8 heteroatoms. The van der Waals surface area contributed by atoms with Gasteiger partial charge in [-0.2, -0.15) is 11.8 Å². The quantitative estimate of drug-likeness (QED) is 0.379. The summed E-state index contributed by atoms with van der Waals surface area (Å²) in [4.78, 5) is 4.01. The number of nitrogen functional groups attached to an aromatic ring is 1. The van der Waals surface area contributed by atoms with Crippen molar-refractivity contribution < 1.29 is 8.42 Å². The Kier molecular flexibility index (Phi) is 5.69. The zero-order chi connectivity index (χ0) is 12.7. The highest BCUT2D eigenvalue weighted by Crippen LogP contribution is 2.11. The first kappa shape index (κ1) is 14.2. The third kappa shape index (κ3) is 4.50. The van der Waals surface area contributed by atoms with E-state index in [0.29, 0.717) is 12.4 Å². The number of pyridine rings is 1. The second kappa shape index (κ2) is 6.80. The molecule has 1 aromatic rings. The number of thioether (sulfide) groups is 1. The fourth-order valence-electron chi connectivity index (χ4n) is 1.16. The van der Waals surface area contributed by atoms with Crippen LogP contribution >= 0.6 is 11.8 Å². The van der Waals surface area contributed by atoms with E-state index >= 15 is 0 Å². The molecule has 0 atom stereocenters. The van der Waals surface area contributed by atoms with Gasteiger partial charge < -0.3 is 5.43 Å². The van der Waals surface area contributed by atoms with Gasteiger partial charge in [0.25, 0.3) is 0 Å². The smallest absolute Gasteiger partial charge is 0.240 e. The van der Waals surface area contributed by atoms with Gasteiger partial charge in [-0.25, -0.2) is 24.0 Å². The van der Waals surface area contributed by atoms with Crippen LogP contribution in [0, 0.1) is 0 Å². The molecule has 1 aromatic heterocycles. The van der Waals surface area contributed by atoms with Gasteiger partial charge in [0.2, 0.25) is 10.0 Å². The lowest BCUT2D eigenvalue weighted by Crippen LogP contribution is -2.25. The number of hydrogen-bond acceptors (Lipinski definition) is 6. The van der Waals surface area contributed by atoms with Crippen LogP contribution in [0.15, 0.2) is 23.2 Å². The summed E-state index contributed by atoms with van der Waals surface area (Å²) < 4.78 is 26.2. The Morgan fingerprint density at radius 1 is 1.53 bits per heavy atom. The lowest BCUT2D eigenvalue weighted by atomic mass is 10.5. The first-order valence-electron chi connectivity index (χ1n) is 5.01. The third-order valence-corrected chi connectivity index (χ3v) is 4.16. The van der Waals surface area contributed by atoms with Gasteiger partial charge in [0, 0.05) is 18.8 Å². The normalized spacial score (nSPS) is 11.4. The molecule has 0 bridgehead atoms. The molecule has 96 valence electrons. The highest BCUT2D eigenvalue weighted by atomic mass is 32.2. The molecular weight excluding hydrogens is 260 g/mol. The number of anilines is 1. The van der Waals surface area contributed by atoms with Crippen LogP contribution < -0.4 is 16.0 Å². The Labute approximate surface area is 105 Å². The molecule has 0 unspecified atom stereocenters. The maximum Gasteiger partial charge on any atom is 0.240 e. The Morgan fingerprint density at radius 2 is 2.29 bits per heavy atom. The van der Waals surface area contributed by atoms with Crippen molar-refractivity contribution in [3.05, 3.63) is 18.3 Å². The number of sulfonamides is 1. The minimum Gasteiger partial charge on any atom is -0.308 e. The number of aromatic nitrogens is 1. The largest absolute Gasteiger partial charge is 0.308 e. The van der Waals surface area contributed by atoms with E-state index in [1.54, 1.807) is 11.8 Å². The molecule has 0 saturated heterocycles. The first-order chi connectivity index (χ1) is 8.10. The predicted octanol–water partition coefficient (Wildman–Crippen LogP) is 0.399. The topological polar surface area (TPSA) is 97.1 Å². The molecule has 4 N–H and O–H groups in total. The van der Waals surface area contributed by atoms with Gasteiger partial charge in [-0.1, -0.05) is 0 Å². The van der Waals surface area contributed by atoms with Gasteiger partial charge in [0.05, 0.1) is 4.90 Å². The number of nitrogens with zero attached hydrogens (tertiary/aromatic N) is 1. The maximum absolute atomic E-state index is 11.8. The van der Waals surface area contributed by atoms with Crippen LogP contribution in [-0.4, -0.2) is 32.0 Å². The number of hydrazine groups is 1. The van der Waals surface area contributed by atoms with Gasteiger partial charge in [-0.15, -0.1) is 0 Å². The molecule has 0 amide bonds. The monoisotopic (exact) mass is 276 g/mol. The van der Waals surface area contributed by atoms with Gasteiger partial charge in [0.15, 0.2) is 0 Å². The molecule has 0 fully saturated rings. The zero-order valence-electron chi connectivity index (χ0n) is 9.51. The van der Waals surface area contributed by atoms with Gasteiger partial charge in [0.1, 0.15) is 5.82 Å². The summed E-state index contributed by atoms with van der Waals surface area (Å²) in [7, 11) is -3.47. The average Bonchev–Trinajstić information content (AvgIpc) is 2.35. The molecule has 0 aromatic carbocycles. The highest BCUT2D eigenvalue weighted by molar-refractivity contribution is 7.98. The van der Waals surface area contributed by atoms with Crippen LogP contribution in [0.3, 0.4) is 0 Å². The summed E-state index contributed by atoms with van der Waals surface area (Å²) >= 11 is 1.68. The zero-order valence-corrected chi connectivity index (χ0v) is 11.1. The highest BCUT2D eigenvalue weighted by Gasteiger charge is 2.13. The molecule has 1 heterocycles. The molecule has 0 aliphatic rings. The molecule has 0 aliphatic heterocycles. The summed E-state index contributed by atoms with van der Waals surface area (Å²) in [5.74, 6) is 6.41. The molecule has 1 rings (SSSR count). The van der Waals surface area contributed by atoms with Gasteiger partial charge in [-0.05, 0) is 24.5 Å². The predicted molar refractivity (Wildman–Crippen MR) is 70.2 cm³/mol. The Balaban J connectivity index is 2.68. The number of nitrogens with one attached hydrogen (secondary N) is 2. The number of hydrogen-bond donors (Lipinski definition) is 3. The van der Waals surface area contributed by atoms with E-state index in [9.17, 15) is 8.42 Å². The number of rotatable bonds is 7. The van der Waals surface area contributed by atoms with Crippen LogP contribution in [0.5, 0.6) is 0 Å². The summed E-state index contributed by atoms with van der Waals surface area (Å²) in [6.45, 7) is 0.427. The average molecular weight is 276 g/mol. The van der Waals surface area contributed by atoms with E-state index < -0.39 is 10.0 Å². The maximum atomic E-state index is 11.8. The van der Waals surface area contributed by atoms with Crippen LogP contribution in [0.4, 0.5) is 5.82 Å². The van der Waals surface area contributed by atoms with Gasteiger partial charge >= 0.3 is 0 Å². The van der Waals surface area contributed by atoms with E-state index in [0.717, 1.165) is 12.2 Å². The molecule has 17 heavy (non-hydrogen) atoms. The van der Waals surface area contributed by atoms with E-state index in [1.807, 2.05) is 6.26 Å². The molecule has 0 saturated carbocycles. The summed E-state index contributed by atoms with van der Waals surface area (Å²) in [5, 5.41) is 0. The minimum absolute atomic E-state index is 0.157. The van der Waals surface area contributed by atoms with Crippen molar-refractivity contribution in [3.8, 4) is 0 Å². The Hall–Kier alpha value is -0.830. The van der Waals surface area contributed by atoms with Crippen LogP contribution in [0.2, 0.25) is 0 Å². The molecular formula is C9H16N4O2S2. The fraction of sp³-hybridized carbons (Fsp3) is 0.444. The van der Waals surface area contributed by atoms with Crippen molar-refractivity contribution in [2.75, 3.05) is 24.0 Å². The van der Waals surface area contributed by atoms with Crippen molar-refractivity contribution in [2.24, 2.45) is 5.84 Å². The second-order valence-electron chi connectivity index (χ2n) is 3.27. The van der Waals surface area contributed by atoms with E-state index in [1.165, 1.54) is 18.3 Å². The Morgan fingerprint density at radius 3 is 2.94 bits per heavy atom. The van der Waals surface area contributed by atoms with Crippen LogP contribution in [0.1, 0.15) is 6.42 Å². The molecule has 0 aliphatic carbocycles. The van der Waals surface area contributed by atoms with Crippen LogP contribution in [-0.2, 0) is 10.0 Å². The lowest BCUT2D eigenvalue weighted by molar-refractivity contribution is 0.581. The van der Waals surface area contributed by atoms with Crippen molar-refractivity contribution in [2.45, 2.75) is 11.3 Å². The van der Waals surface area contributed by atoms with Crippen molar-refractivity contribution >= 4 is 27.6 Å². The first-order valence-corrected chi connectivity index (χ1v) is 7.89. The van der Waals surface area contributed by atoms with E-state index in [2.05, 4.69) is 15.1 Å². The summed E-state index contributed by atoms with van der Waals surface area (Å²) in [5.41, 5.74) is 2.31. The van der Waals surface area contributed by atoms with Crippen molar-refractivity contribution in [1.82, 2.24) is 9.71 Å². The second-order valence-corrected chi connectivity index (χ2v) is 6.02. The number of nitrogens with two attached hydrogens (primary N) is 1. The third-order valence-electron chi connectivity index (χ3n) is 2.01. The molecule has 0 spiro atoms.